The van der Waals surface area contributed by atoms with E-state index in [9.17, 15) is 29.1 Å². The Morgan fingerprint density at radius 1 is 0.939 bits per heavy atom. The number of aliphatic hydroxyl groups is 1. The number of hydrogen-bond donors (Lipinski definition) is 7. The van der Waals surface area contributed by atoms with Crippen LogP contribution in [0.15, 0.2) is 30.3 Å². The van der Waals surface area contributed by atoms with Gasteiger partial charge in [-0.1, -0.05) is 30.3 Å². The molecule has 1 heterocycles. The van der Waals surface area contributed by atoms with Gasteiger partial charge < -0.3 is 36.6 Å². The van der Waals surface area contributed by atoms with Crippen molar-refractivity contribution >= 4 is 29.7 Å². The van der Waals surface area contributed by atoms with Crippen LogP contribution < -0.4 is 21.3 Å². The van der Waals surface area contributed by atoms with E-state index >= 15 is 0 Å². The lowest BCUT2D eigenvalue weighted by Gasteiger charge is -2.24. The lowest BCUT2D eigenvalue weighted by atomic mass is 10.0. The highest BCUT2D eigenvalue weighted by Gasteiger charge is 2.31. The third-order valence-electron chi connectivity index (χ3n) is 5.10. The Bertz CT molecular complexity index is 857. The number of rotatable bonds is 12. The molecule has 0 bridgehead atoms. The second-order valence-electron chi connectivity index (χ2n) is 7.64. The highest BCUT2D eigenvalue weighted by atomic mass is 16.4. The standard InChI is InChI=1S/C21H28N4O8/c26-11-16(20(31)24-15(21(32)33)10-17(27)28)25-19(30)14(9-12-5-2-1-3-6-12)23-18(29)13-7-4-8-22-13/h1-3,5-6,13-16,22,26H,4,7-11H2,(H,23,29)(H,24,31)(H,25,30)(H,27,28)(H,32,33). The van der Waals surface area contributed by atoms with Gasteiger partial charge in [0.15, 0.2) is 0 Å². The molecular weight excluding hydrogens is 436 g/mol. The van der Waals surface area contributed by atoms with Gasteiger partial charge in [0, 0.05) is 6.42 Å². The SMILES string of the molecule is O=C(O)CC(NC(=O)C(CO)NC(=O)C(Cc1ccccc1)NC(=O)C1CCCN1)C(=O)O. The molecule has 3 amide bonds. The largest absolute Gasteiger partial charge is 0.481 e. The zero-order valence-corrected chi connectivity index (χ0v) is 17.8. The van der Waals surface area contributed by atoms with E-state index in [-0.39, 0.29) is 12.3 Å². The van der Waals surface area contributed by atoms with E-state index in [1.165, 1.54) is 0 Å². The number of carbonyl (C=O) groups is 5. The Kier molecular flexibility index (Phi) is 9.76. The first kappa shape index (κ1) is 25.7. The quantitative estimate of drug-likeness (QED) is 0.183. The topological polar surface area (TPSA) is 194 Å². The van der Waals surface area contributed by atoms with E-state index in [1.807, 2.05) is 5.32 Å². The van der Waals surface area contributed by atoms with Gasteiger partial charge in [0.2, 0.25) is 17.7 Å². The lowest BCUT2D eigenvalue weighted by Crippen LogP contribution is -2.58. The fourth-order valence-corrected chi connectivity index (χ4v) is 3.35. The number of benzene rings is 1. The molecule has 0 aromatic heterocycles. The van der Waals surface area contributed by atoms with Gasteiger partial charge in [0.25, 0.3) is 0 Å². The van der Waals surface area contributed by atoms with Crippen molar-refractivity contribution in [1.82, 2.24) is 21.3 Å². The maximum Gasteiger partial charge on any atom is 0.326 e. The predicted octanol–water partition coefficient (Wildman–Crippen LogP) is -2.01. The van der Waals surface area contributed by atoms with Crippen LogP contribution in [0.3, 0.4) is 0 Å². The highest BCUT2D eigenvalue weighted by Crippen LogP contribution is 2.08. The maximum absolute atomic E-state index is 12.9. The normalized spacial score (nSPS) is 17.9. The average Bonchev–Trinajstić information content (AvgIpc) is 3.31. The number of hydrogen-bond acceptors (Lipinski definition) is 7. The molecule has 12 nitrogen and oxygen atoms in total. The first-order valence-corrected chi connectivity index (χ1v) is 10.4. The van der Waals surface area contributed by atoms with Gasteiger partial charge in [-0.15, -0.1) is 0 Å². The minimum Gasteiger partial charge on any atom is -0.481 e. The van der Waals surface area contributed by atoms with Crippen molar-refractivity contribution in [1.29, 1.82) is 0 Å². The summed E-state index contributed by atoms with van der Waals surface area (Å²) in [6.45, 7) is -0.186. The van der Waals surface area contributed by atoms with E-state index in [2.05, 4.69) is 16.0 Å². The fourth-order valence-electron chi connectivity index (χ4n) is 3.35. The molecule has 1 aliphatic heterocycles. The van der Waals surface area contributed by atoms with Crippen LogP contribution in [0.5, 0.6) is 0 Å². The molecule has 180 valence electrons. The summed E-state index contributed by atoms with van der Waals surface area (Å²) >= 11 is 0. The van der Waals surface area contributed by atoms with Crippen LogP contribution in [-0.4, -0.2) is 82.3 Å². The Hall–Kier alpha value is -3.51. The van der Waals surface area contributed by atoms with Gasteiger partial charge in [0.1, 0.15) is 18.1 Å². The van der Waals surface area contributed by atoms with Crippen molar-refractivity contribution in [2.45, 2.75) is 49.9 Å². The molecule has 33 heavy (non-hydrogen) atoms. The third kappa shape index (κ3) is 8.16. The van der Waals surface area contributed by atoms with Crippen molar-refractivity contribution in [3.63, 3.8) is 0 Å². The molecule has 1 aliphatic rings. The zero-order valence-electron chi connectivity index (χ0n) is 17.8. The summed E-state index contributed by atoms with van der Waals surface area (Å²) in [4.78, 5) is 59.8. The second kappa shape index (κ2) is 12.5. The molecule has 0 saturated carbocycles. The zero-order chi connectivity index (χ0) is 24.4. The molecule has 1 aromatic carbocycles. The molecule has 0 aliphatic carbocycles. The van der Waals surface area contributed by atoms with E-state index in [1.54, 1.807) is 30.3 Å². The van der Waals surface area contributed by atoms with Crippen molar-refractivity contribution in [3.8, 4) is 0 Å². The Labute approximate surface area is 189 Å². The third-order valence-corrected chi connectivity index (χ3v) is 5.10. The molecule has 1 fully saturated rings. The summed E-state index contributed by atoms with van der Waals surface area (Å²) in [5.74, 6) is -5.22. The molecular formula is C21H28N4O8. The van der Waals surface area contributed by atoms with Crippen molar-refractivity contribution in [2.75, 3.05) is 13.2 Å². The van der Waals surface area contributed by atoms with Crippen LogP contribution in [0.25, 0.3) is 0 Å². The Balaban J connectivity index is 2.10. The van der Waals surface area contributed by atoms with E-state index < -0.39 is 60.9 Å². The summed E-state index contributed by atoms with van der Waals surface area (Å²) < 4.78 is 0. The van der Waals surface area contributed by atoms with Crippen LogP contribution in [0.4, 0.5) is 0 Å². The molecule has 1 aromatic rings. The summed E-state index contributed by atoms with van der Waals surface area (Å²) in [6, 6.07) is 4.05. The summed E-state index contributed by atoms with van der Waals surface area (Å²) in [7, 11) is 0. The molecule has 4 atom stereocenters. The number of nitrogens with one attached hydrogen (secondary N) is 4. The minimum absolute atomic E-state index is 0.113. The predicted molar refractivity (Wildman–Crippen MR) is 114 cm³/mol. The average molecular weight is 464 g/mol. The van der Waals surface area contributed by atoms with Crippen LogP contribution in [0.1, 0.15) is 24.8 Å². The van der Waals surface area contributed by atoms with Gasteiger partial charge in [-0.05, 0) is 24.9 Å². The second-order valence-corrected chi connectivity index (χ2v) is 7.64. The highest BCUT2D eigenvalue weighted by molar-refractivity contribution is 5.94. The number of carboxylic acid groups (broad SMARTS) is 2. The summed E-state index contributed by atoms with van der Waals surface area (Å²) in [6.07, 6.45) is 0.671. The van der Waals surface area contributed by atoms with Gasteiger partial charge in [-0.3, -0.25) is 19.2 Å². The van der Waals surface area contributed by atoms with E-state index in [4.69, 9.17) is 10.2 Å². The number of aliphatic carboxylic acids is 2. The van der Waals surface area contributed by atoms with Crippen molar-refractivity contribution < 1.29 is 39.3 Å². The van der Waals surface area contributed by atoms with Gasteiger partial charge in [0.05, 0.1) is 19.1 Å². The Morgan fingerprint density at radius 3 is 2.12 bits per heavy atom. The first-order chi connectivity index (χ1) is 15.7. The van der Waals surface area contributed by atoms with Crippen LogP contribution in [0, 0.1) is 0 Å². The van der Waals surface area contributed by atoms with Gasteiger partial charge >= 0.3 is 11.9 Å². The van der Waals surface area contributed by atoms with Crippen LogP contribution in [0.2, 0.25) is 0 Å². The molecule has 1 saturated heterocycles. The number of aliphatic hydroxyl groups excluding tert-OH is 1. The van der Waals surface area contributed by atoms with Gasteiger partial charge in [-0.25, -0.2) is 4.79 Å². The minimum atomic E-state index is -1.74. The van der Waals surface area contributed by atoms with Gasteiger partial charge in [-0.2, -0.15) is 0 Å². The maximum atomic E-state index is 12.9. The van der Waals surface area contributed by atoms with E-state index in [0.29, 0.717) is 13.0 Å². The van der Waals surface area contributed by atoms with Crippen molar-refractivity contribution in [3.05, 3.63) is 35.9 Å². The van der Waals surface area contributed by atoms with Crippen LogP contribution in [-0.2, 0) is 30.4 Å². The molecule has 4 unspecified atom stereocenters. The first-order valence-electron chi connectivity index (χ1n) is 10.4. The molecule has 0 radical (unpaired) electrons. The molecule has 0 spiro atoms. The smallest absolute Gasteiger partial charge is 0.326 e. The van der Waals surface area contributed by atoms with Crippen LogP contribution >= 0.6 is 0 Å². The summed E-state index contributed by atoms with van der Waals surface area (Å²) in [5.41, 5.74) is 0.745. The molecule has 2 rings (SSSR count). The van der Waals surface area contributed by atoms with E-state index in [0.717, 1.165) is 12.0 Å². The summed E-state index contributed by atoms with van der Waals surface area (Å²) in [5, 5.41) is 37.4. The Morgan fingerprint density at radius 2 is 1.58 bits per heavy atom. The number of carbonyl (C=O) groups excluding carboxylic acids is 3. The fraction of sp³-hybridized carbons (Fsp3) is 0.476. The lowest BCUT2D eigenvalue weighted by molar-refractivity contribution is -0.147. The number of carboxylic acids is 2. The molecule has 7 N–H and O–H groups in total. The monoisotopic (exact) mass is 464 g/mol. The number of amides is 3. The molecule has 12 heteroatoms. The van der Waals surface area contributed by atoms with Crippen molar-refractivity contribution in [2.24, 2.45) is 0 Å².